The van der Waals surface area contributed by atoms with Crippen molar-refractivity contribution in [1.82, 2.24) is 4.72 Å². The molecule has 1 aromatic rings. The minimum Gasteiger partial charge on any atom is -0.461 e. The van der Waals surface area contributed by atoms with E-state index in [0.717, 1.165) is 0 Å². The molecule has 0 spiro atoms. The Labute approximate surface area is 104 Å². The largest absolute Gasteiger partial charge is 0.461 e. The molecule has 1 amide bonds. The Hall–Kier alpha value is -1.83. The monoisotopic (exact) mass is 277 g/mol. The molecule has 0 aliphatic carbocycles. The van der Waals surface area contributed by atoms with E-state index in [4.69, 9.17) is 0 Å². The van der Waals surface area contributed by atoms with Gasteiger partial charge < -0.3 is 9.47 Å². The fraction of sp³-hybridized carbons (Fsp3) is 0.300. The van der Waals surface area contributed by atoms with E-state index >= 15 is 0 Å². The van der Waals surface area contributed by atoms with E-state index in [1.165, 1.54) is 31.2 Å². The number of carbonyl (C=O) groups is 1. The van der Waals surface area contributed by atoms with Crippen LogP contribution in [0.1, 0.15) is 6.92 Å². The quantitative estimate of drug-likeness (QED) is 0.880. The summed E-state index contributed by atoms with van der Waals surface area (Å²) in [7, 11) is -4.15. The highest BCUT2D eigenvalue weighted by molar-refractivity contribution is 7.90. The highest BCUT2D eigenvalue weighted by Crippen LogP contribution is 2.23. The third-order valence-electron chi connectivity index (χ3n) is 1.84. The first-order chi connectivity index (χ1) is 8.51. The molecule has 0 heterocycles. The van der Waals surface area contributed by atoms with E-state index in [2.05, 4.69) is 9.47 Å². The van der Waals surface area contributed by atoms with Gasteiger partial charge in [0.15, 0.2) is 0 Å². The lowest BCUT2D eigenvalue weighted by Gasteiger charge is -2.10. The molecule has 0 aromatic heterocycles. The zero-order valence-electron chi connectivity index (χ0n) is 9.55. The summed E-state index contributed by atoms with van der Waals surface area (Å²) in [6.07, 6.45) is -1.10. The Morgan fingerprint density at radius 2 is 2.06 bits per heavy atom. The van der Waals surface area contributed by atoms with Crippen molar-refractivity contribution in [3.63, 3.8) is 0 Å². The molecule has 0 fully saturated rings. The minimum atomic E-state index is -4.15. The Morgan fingerprint density at radius 1 is 1.39 bits per heavy atom. The number of halogens is 1. The van der Waals surface area contributed by atoms with Crippen LogP contribution in [0.5, 0.6) is 5.75 Å². The molecule has 0 unspecified atom stereocenters. The second kappa shape index (κ2) is 6.20. The fourth-order valence-corrected chi connectivity index (χ4v) is 2.21. The van der Waals surface area contributed by atoms with Gasteiger partial charge in [-0.3, -0.25) is 0 Å². The number of carbonyl (C=O) groups excluding carboxylic acids is 1. The first kappa shape index (κ1) is 14.2. The Bertz CT molecular complexity index is 517. The lowest BCUT2D eigenvalue weighted by molar-refractivity contribution is 0.158. The number of ether oxygens (including phenoxy) is 2. The summed E-state index contributed by atoms with van der Waals surface area (Å²) in [4.78, 5) is 10.7. The fourth-order valence-electron chi connectivity index (χ4n) is 1.18. The summed E-state index contributed by atoms with van der Waals surface area (Å²) in [5.74, 6) is -0.184. The van der Waals surface area contributed by atoms with Crippen LogP contribution in [-0.4, -0.2) is 28.0 Å². The maximum atomic E-state index is 12.1. The van der Waals surface area contributed by atoms with E-state index < -0.39 is 23.0 Å². The number of alkyl halides is 1. The molecule has 0 bridgehead atoms. The summed E-state index contributed by atoms with van der Waals surface area (Å²) in [5.41, 5.74) is 0. The highest BCUT2D eigenvalue weighted by Gasteiger charge is 2.22. The predicted octanol–water partition coefficient (Wildman–Crippen LogP) is 1.43. The molecular weight excluding hydrogens is 265 g/mol. The number of sulfonamides is 1. The van der Waals surface area contributed by atoms with Crippen molar-refractivity contribution in [1.29, 1.82) is 0 Å². The smallest absolute Gasteiger partial charge is 0.421 e. The molecule has 1 aromatic carbocycles. The van der Waals surface area contributed by atoms with Crippen LogP contribution < -0.4 is 9.46 Å². The third-order valence-corrected chi connectivity index (χ3v) is 3.19. The van der Waals surface area contributed by atoms with Crippen molar-refractivity contribution in [2.24, 2.45) is 0 Å². The van der Waals surface area contributed by atoms with E-state index in [1.54, 1.807) is 4.72 Å². The Balaban J connectivity index is 3.01. The standard InChI is InChI=1S/C10H12FNO5S/c1-2-16-10(13)12-18(14,15)9-6-4-3-5-8(9)17-7-11/h3-6H,2,7H2,1H3,(H,12,13). The van der Waals surface area contributed by atoms with Crippen LogP contribution in [0.4, 0.5) is 9.18 Å². The summed E-state index contributed by atoms with van der Waals surface area (Å²) in [5, 5.41) is 0. The average molecular weight is 277 g/mol. The molecule has 0 atom stereocenters. The van der Waals surface area contributed by atoms with Gasteiger partial charge in [0.25, 0.3) is 10.0 Å². The highest BCUT2D eigenvalue weighted by atomic mass is 32.2. The van der Waals surface area contributed by atoms with Gasteiger partial charge >= 0.3 is 6.09 Å². The second-order valence-corrected chi connectivity index (χ2v) is 4.68. The predicted molar refractivity (Wildman–Crippen MR) is 60.4 cm³/mol. The first-order valence-corrected chi connectivity index (χ1v) is 6.47. The second-order valence-electron chi connectivity index (χ2n) is 3.03. The molecule has 1 rings (SSSR count). The molecule has 100 valence electrons. The lowest BCUT2D eigenvalue weighted by Crippen LogP contribution is -2.31. The van der Waals surface area contributed by atoms with Crippen molar-refractivity contribution >= 4 is 16.1 Å². The summed E-state index contributed by atoms with van der Waals surface area (Å²) < 4.78 is 46.4. The van der Waals surface area contributed by atoms with Crippen LogP contribution in [-0.2, 0) is 14.8 Å². The van der Waals surface area contributed by atoms with Crippen LogP contribution in [0.3, 0.4) is 0 Å². The van der Waals surface area contributed by atoms with Gasteiger partial charge in [-0.15, -0.1) is 0 Å². The number of hydrogen-bond acceptors (Lipinski definition) is 5. The zero-order valence-corrected chi connectivity index (χ0v) is 10.4. The molecule has 0 aliphatic heterocycles. The van der Waals surface area contributed by atoms with Gasteiger partial charge in [-0.25, -0.2) is 22.3 Å². The maximum absolute atomic E-state index is 12.1. The third kappa shape index (κ3) is 3.59. The number of rotatable bonds is 5. The Kier molecular flexibility index (Phi) is 4.90. The molecule has 6 nitrogen and oxygen atoms in total. The molecule has 0 saturated carbocycles. The van der Waals surface area contributed by atoms with Crippen molar-refractivity contribution in [3.05, 3.63) is 24.3 Å². The van der Waals surface area contributed by atoms with Gasteiger partial charge in [-0.1, -0.05) is 12.1 Å². The molecule has 0 saturated heterocycles. The van der Waals surface area contributed by atoms with Gasteiger partial charge in [0.2, 0.25) is 6.86 Å². The zero-order chi connectivity index (χ0) is 13.6. The van der Waals surface area contributed by atoms with Crippen LogP contribution >= 0.6 is 0 Å². The maximum Gasteiger partial charge on any atom is 0.421 e. The number of amides is 1. The van der Waals surface area contributed by atoms with Crippen LogP contribution in [0.2, 0.25) is 0 Å². The summed E-state index contributed by atoms with van der Waals surface area (Å²) in [6, 6.07) is 5.37. The van der Waals surface area contributed by atoms with Gasteiger partial charge in [0.05, 0.1) is 6.61 Å². The van der Waals surface area contributed by atoms with Crippen molar-refractivity contribution in [3.8, 4) is 5.75 Å². The number of benzene rings is 1. The van der Waals surface area contributed by atoms with Crippen LogP contribution in [0.25, 0.3) is 0 Å². The van der Waals surface area contributed by atoms with E-state index in [9.17, 15) is 17.6 Å². The van der Waals surface area contributed by atoms with Gasteiger partial charge in [0, 0.05) is 0 Å². The molecule has 1 N–H and O–H groups in total. The van der Waals surface area contributed by atoms with Gasteiger partial charge in [-0.2, -0.15) is 0 Å². The number of hydrogen-bond donors (Lipinski definition) is 1. The molecular formula is C10H12FNO5S. The summed E-state index contributed by atoms with van der Waals surface area (Å²) >= 11 is 0. The van der Waals surface area contributed by atoms with Crippen LogP contribution in [0.15, 0.2) is 29.2 Å². The lowest BCUT2D eigenvalue weighted by atomic mass is 10.3. The first-order valence-electron chi connectivity index (χ1n) is 4.98. The summed E-state index contributed by atoms with van der Waals surface area (Å²) in [6.45, 7) is 0.391. The van der Waals surface area contributed by atoms with E-state index in [1.807, 2.05) is 0 Å². The van der Waals surface area contributed by atoms with Crippen molar-refractivity contribution in [2.45, 2.75) is 11.8 Å². The molecule has 0 aliphatic rings. The Morgan fingerprint density at radius 3 is 2.67 bits per heavy atom. The average Bonchev–Trinajstić information content (AvgIpc) is 2.29. The van der Waals surface area contributed by atoms with E-state index in [-0.39, 0.29) is 17.3 Å². The minimum absolute atomic E-state index is 0.0317. The van der Waals surface area contributed by atoms with Crippen molar-refractivity contribution < 1.29 is 27.1 Å². The molecule has 0 radical (unpaired) electrons. The number of para-hydroxylation sites is 1. The van der Waals surface area contributed by atoms with Gasteiger partial charge in [0.1, 0.15) is 10.6 Å². The SMILES string of the molecule is CCOC(=O)NS(=O)(=O)c1ccccc1OCF. The van der Waals surface area contributed by atoms with E-state index in [0.29, 0.717) is 0 Å². The topological polar surface area (TPSA) is 81.7 Å². The molecule has 8 heteroatoms. The van der Waals surface area contributed by atoms with Crippen molar-refractivity contribution in [2.75, 3.05) is 13.5 Å². The van der Waals surface area contributed by atoms with Gasteiger partial charge in [-0.05, 0) is 19.1 Å². The molecule has 18 heavy (non-hydrogen) atoms. The van der Waals surface area contributed by atoms with Crippen LogP contribution in [0, 0.1) is 0 Å². The normalized spacial score (nSPS) is 10.8. The number of nitrogens with one attached hydrogen (secondary N) is 1.